The molecule has 1 saturated carbocycles. The summed E-state index contributed by atoms with van der Waals surface area (Å²) >= 11 is 3.42. The van der Waals surface area contributed by atoms with Gasteiger partial charge < -0.3 is 25.3 Å². The number of aromatic nitrogens is 4. The number of carbonyl (C=O) groups is 1. The predicted octanol–water partition coefficient (Wildman–Crippen LogP) is 2.86. The highest BCUT2D eigenvalue weighted by Gasteiger charge is 2.47. The second-order valence-corrected chi connectivity index (χ2v) is 9.13. The Morgan fingerprint density at radius 3 is 2.84 bits per heavy atom. The highest BCUT2D eigenvalue weighted by molar-refractivity contribution is 9.09. The molecule has 1 aliphatic heterocycles. The quantitative estimate of drug-likeness (QED) is 0.579. The van der Waals surface area contributed by atoms with Crippen LogP contribution in [0.4, 0.5) is 15.0 Å². The molecule has 4 rings (SSSR count). The van der Waals surface area contributed by atoms with Gasteiger partial charge in [-0.1, -0.05) is 15.9 Å². The van der Waals surface area contributed by atoms with E-state index in [-0.39, 0.29) is 24.0 Å². The van der Waals surface area contributed by atoms with Gasteiger partial charge in [-0.2, -0.15) is 9.97 Å². The Balaban J connectivity index is 1.65. The monoisotopic (exact) mass is 500 g/mol. The maximum absolute atomic E-state index is 13.6. The number of nitrogens with one attached hydrogen (secondary N) is 1. The standard InChI is InChI=1S/C19H26BrFN6O4/c1-9(2)24-19(28)31-14-12(20)11(7-21)30-17(14)27-8-23-13-15(22)25-18(26-16(13)27)29-10-5-3-4-6-10/h8-12,14,17H,3-7H2,1-2H3,(H,24,28)(H2,22,25,26)/t11-,12+,14-,17-/m1/s1. The van der Waals surface area contributed by atoms with E-state index in [0.29, 0.717) is 11.2 Å². The van der Waals surface area contributed by atoms with Gasteiger partial charge in [-0.15, -0.1) is 0 Å². The van der Waals surface area contributed by atoms with E-state index in [9.17, 15) is 9.18 Å². The summed E-state index contributed by atoms with van der Waals surface area (Å²) in [5.74, 6) is 0.169. The molecule has 2 fully saturated rings. The second kappa shape index (κ2) is 9.11. The topological polar surface area (TPSA) is 126 Å². The molecule has 4 atom stereocenters. The molecular weight excluding hydrogens is 475 g/mol. The Labute approximate surface area is 187 Å². The molecule has 1 saturated heterocycles. The van der Waals surface area contributed by atoms with Gasteiger partial charge in [0.15, 0.2) is 29.3 Å². The van der Waals surface area contributed by atoms with Crippen LogP contribution in [0.1, 0.15) is 45.8 Å². The maximum atomic E-state index is 13.6. The molecule has 0 aromatic carbocycles. The molecule has 12 heteroatoms. The van der Waals surface area contributed by atoms with Crippen LogP contribution in [0.25, 0.3) is 11.2 Å². The van der Waals surface area contributed by atoms with E-state index in [1.165, 1.54) is 6.33 Å². The molecule has 10 nitrogen and oxygen atoms in total. The molecule has 170 valence electrons. The number of imidazole rings is 1. The fourth-order valence-corrected chi connectivity index (χ4v) is 4.51. The van der Waals surface area contributed by atoms with E-state index in [0.717, 1.165) is 25.7 Å². The van der Waals surface area contributed by atoms with Crippen molar-refractivity contribution in [1.82, 2.24) is 24.8 Å². The van der Waals surface area contributed by atoms with Gasteiger partial charge in [0.2, 0.25) is 0 Å². The van der Waals surface area contributed by atoms with Gasteiger partial charge >= 0.3 is 12.1 Å². The van der Waals surface area contributed by atoms with Crippen LogP contribution in [0.2, 0.25) is 0 Å². The number of alkyl halides is 2. The summed E-state index contributed by atoms with van der Waals surface area (Å²) in [6, 6.07) is 0.0417. The Hall–Kier alpha value is -2.21. The molecule has 0 bridgehead atoms. The third-order valence-corrected chi connectivity index (χ3v) is 6.45. The lowest BCUT2D eigenvalue weighted by Gasteiger charge is -2.22. The molecular formula is C19H26BrFN6O4. The normalized spacial score (nSPS) is 26.6. The van der Waals surface area contributed by atoms with Gasteiger partial charge in [0, 0.05) is 6.04 Å². The van der Waals surface area contributed by atoms with Crippen molar-refractivity contribution < 1.29 is 23.4 Å². The zero-order valence-electron chi connectivity index (χ0n) is 17.3. The summed E-state index contributed by atoms with van der Waals surface area (Å²) < 4.78 is 32.5. The first-order valence-electron chi connectivity index (χ1n) is 10.4. The van der Waals surface area contributed by atoms with Crippen molar-refractivity contribution >= 4 is 39.0 Å². The number of amides is 1. The SMILES string of the molecule is CC(C)NC(=O)O[C@@H]1[C@@H](Br)[C@@H](CF)O[C@H]1n1cnc2c(N)nc(OC3CCCC3)nc21. The molecule has 2 aliphatic rings. The number of rotatable bonds is 6. The first-order chi connectivity index (χ1) is 14.9. The minimum atomic E-state index is -0.860. The van der Waals surface area contributed by atoms with Crippen LogP contribution < -0.4 is 15.8 Å². The highest BCUT2D eigenvalue weighted by atomic mass is 79.9. The van der Waals surface area contributed by atoms with Crippen LogP contribution in [-0.2, 0) is 9.47 Å². The zero-order chi connectivity index (χ0) is 22.1. The highest BCUT2D eigenvalue weighted by Crippen LogP contribution is 2.38. The third-order valence-electron chi connectivity index (χ3n) is 5.34. The molecule has 3 heterocycles. The number of nitrogens with zero attached hydrogens (tertiary/aromatic N) is 4. The molecule has 1 aliphatic carbocycles. The van der Waals surface area contributed by atoms with Crippen molar-refractivity contribution in [3.63, 3.8) is 0 Å². The summed E-state index contributed by atoms with van der Waals surface area (Å²) in [4.78, 5) is 24.7. The lowest BCUT2D eigenvalue weighted by Crippen LogP contribution is -2.39. The first-order valence-corrected chi connectivity index (χ1v) is 11.3. The molecule has 3 N–H and O–H groups in total. The number of alkyl carbamates (subject to hydrolysis) is 1. The van der Waals surface area contributed by atoms with Crippen LogP contribution in [0.5, 0.6) is 6.01 Å². The number of halogens is 2. The van der Waals surface area contributed by atoms with Crippen molar-refractivity contribution in [3.8, 4) is 6.01 Å². The fourth-order valence-electron chi connectivity index (χ4n) is 3.87. The number of hydrogen-bond donors (Lipinski definition) is 2. The van der Waals surface area contributed by atoms with E-state index in [4.69, 9.17) is 19.9 Å². The smallest absolute Gasteiger partial charge is 0.407 e. The maximum Gasteiger partial charge on any atom is 0.407 e. The summed E-state index contributed by atoms with van der Waals surface area (Å²) in [6.07, 6.45) is 2.48. The van der Waals surface area contributed by atoms with E-state index < -0.39 is 36.0 Å². The van der Waals surface area contributed by atoms with E-state index >= 15 is 0 Å². The van der Waals surface area contributed by atoms with Crippen LogP contribution in [0.3, 0.4) is 0 Å². The Morgan fingerprint density at radius 2 is 2.16 bits per heavy atom. The van der Waals surface area contributed by atoms with Crippen LogP contribution >= 0.6 is 15.9 Å². The van der Waals surface area contributed by atoms with Crippen molar-refractivity contribution in [3.05, 3.63) is 6.33 Å². The molecule has 0 radical (unpaired) electrons. The number of hydrogen-bond acceptors (Lipinski definition) is 8. The fraction of sp³-hybridized carbons (Fsp3) is 0.684. The third kappa shape index (κ3) is 4.54. The number of nitrogens with two attached hydrogens (primary N) is 1. The minimum Gasteiger partial charge on any atom is -0.460 e. The van der Waals surface area contributed by atoms with E-state index in [1.807, 2.05) is 13.8 Å². The molecule has 2 aromatic heterocycles. The minimum absolute atomic E-state index is 0.0506. The van der Waals surface area contributed by atoms with Crippen LogP contribution in [0.15, 0.2) is 6.33 Å². The van der Waals surface area contributed by atoms with Gasteiger partial charge in [-0.3, -0.25) is 4.57 Å². The summed E-state index contributed by atoms with van der Waals surface area (Å²) in [6.45, 7) is 2.88. The number of nitrogen functional groups attached to an aromatic ring is 1. The zero-order valence-corrected chi connectivity index (χ0v) is 18.9. The Bertz CT molecular complexity index is 938. The van der Waals surface area contributed by atoms with E-state index in [2.05, 4.69) is 36.2 Å². The van der Waals surface area contributed by atoms with Crippen molar-refractivity contribution in [2.24, 2.45) is 0 Å². The predicted molar refractivity (Wildman–Crippen MR) is 114 cm³/mol. The molecule has 31 heavy (non-hydrogen) atoms. The lowest BCUT2D eigenvalue weighted by molar-refractivity contribution is -0.0445. The molecule has 2 aromatic rings. The largest absolute Gasteiger partial charge is 0.460 e. The van der Waals surface area contributed by atoms with Gasteiger partial charge in [0.25, 0.3) is 0 Å². The first kappa shape index (κ1) is 22.0. The Kier molecular flexibility index (Phi) is 6.47. The summed E-state index contributed by atoms with van der Waals surface area (Å²) in [5.41, 5.74) is 6.81. The number of carbonyl (C=O) groups excluding carboxylic acids is 1. The van der Waals surface area contributed by atoms with Crippen molar-refractivity contribution in [2.75, 3.05) is 12.4 Å². The lowest BCUT2D eigenvalue weighted by atomic mass is 10.2. The summed E-state index contributed by atoms with van der Waals surface area (Å²) in [7, 11) is 0. The number of anilines is 1. The van der Waals surface area contributed by atoms with Crippen LogP contribution in [0, 0.1) is 0 Å². The molecule has 0 spiro atoms. The van der Waals surface area contributed by atoms with Crippen molar-refractivity contribution in [2.45, 2.75) is 74.9 Å². The van der Waals surface area contributed by atoms with Gasteiger partial charge in [0.05, 0.1) is 11.2 Å². The Morgan fingerprint density at radius 1 is 1.42 bits per heavy atom. The average molecular weight is 501 g/mol. The second-order valence-electron chi connectivity index (χ2n) is 8.07. The molecule has 0 unspecified atom stereocenters. The molecule has 1 amide bonds. The number of ether oxygens (including phenoxy) is 3. The van der Waals surface area contributed by atoms with E-state index in [1.54, 1.807) is 4.57 Å². The van der Waals surface area contributed by atoms with Crippen molar-refractivity contribution in [1.29, 1.82) is 0 Å². The number of fused-ring (bicyclic) bond motifs is 1. The van der Waals surface area contributed by atoms with Gasteiger partial charge in [-0.05, 0) is 39.5 Å². The van der Waals surface area contributed by atoms with Crippen LogP contribution in [-0.4, -0.2) is 61.5 Å². The average Bonchev–Trinajstić information content (AvgIpc) is 3.42. The van der Waals surface area contributed by atoms with Gasteiger partial charge in [0.1, 0.15) is 18.9 Å². The van der Waals surface area contributed by atoms with Gasteiger partial charge in [-0.25, -0.2) is 14.2 Å². The summed E-state index contributed by atoms with van der Waals surface area (Å²) in [5, 5.41) is 2.66.